The molecule has 6 nitrogen and oxygen atoms in total. The molecule has 0 aromatic rings. The van der Waals surface area contributed by atoms with E-state index in [9.17, 15) is 10.2 Å². The smallest absolute Gasteiger partial charge is 0.159 e. The molecule has 0 spiro atoms. The number of hydrogen-bond donors (Lipinski definition) is 4. The maximum absolute atomic E-state index is 9.90. The zero-order chi connectivity index (χ0) is 11.7. The molecule has 2 rings (SSSR count). The van der Waals surface area contributed by atoms with E-state index < -0.39 is 24.4 Å². The van der Waals surface area contributed by atoms with Gasteiger partial charge in [0.2, 0.25) is 0 Å². The van der Waals surface area contributed by atoms with Gasteiger partial charge in [-0.05, 0) is 6.92 Å². The summed E-state index contributed by atoms with van der Waals surface area (Å²) in [5.41, 5.74) is 5.22. The SMILES string of the molecule is CCNC1=NC2C(OC(CN)C(O)C2O)S1. The topological polar surface area (TPSA) is 100 Å². The van der Waals surface area contributed by atoms with Crippen LogP contribution in [0.25, 0.3) is 0 Å². The fourth-order valence-electron chi connectivity index (χ4n) is 1.86. The fourth-order valence-corrected chi connectivity index (χ4v) is 3.05. The van der Waals surface area contributed by atoms with E-state index in [-0.39, 0.29) is 12.0 Å². The number of aliphatic hydroxyl groups excluding tert-OH is 2. The van der Waals surface area contributed by atoms with Gasteiger partial charge < -0.3 is 26.0 Å². The van der Waals surface area contributed by atoms with Gasteiger partial charge in [-0.1, -0.05) is 11.8 Å². The second-order valence-corrected chi connectivity index (χ2v) is 4.92. The lowest BCUT2D eigenvalue weighted by molar-refractivity contribution is -0.148. The molecule has 16 heavy (non-hydrogen) atoms. The first-order valence-electron chi connectivity index (χ1n) is 5.37. The van der Waals surface area contributed by atoms with E-state index in [0.717, 1.165) is 11.7 Å². The van der Waals surface area contributed by atoms with Crippen LogP contribution < -0.4 is 11.1 Å². The Kier molecular flexibility index (Phi) is 3.70. The molecule has 0 aromatic heterocycles. The zero-order valence-electron chi connectivity index (χ0n) is 9.04. The van der Waals surface area contributed by atoms with Crippen LogP contribution in [0.4, 0.5) is 0 Å². The minimum atomic E-state index is -0.962. The third kappa shape index (κ3) is 2.05. The number of ether oxygens (including phenoxy) is 1. The Bertz CT molecular complexity index is 289. The van der Waals surface area contributed by atoms with Crippen molar-refractivity contribution in [2.45, 2.75) is 36.7 Å². The molecule has 5 unspecified atom stereocenters. The monoisotopic (exact) mass is 247 g/mol. The van der Waals surface area contributed by atoms with E-state index in [2.05, 4.69) is 10.3 Å². The highest BCUT2D eigenvalue weighted by molar-refractivity contribution is 8.14. The van der Waals surface area contributed by atoms with Crippen molar-refractivity contribution in [1.29, 1.82) is 0 Å². The van der Waals surface area contributed by atoms with Gasteiger partial charge in [0, 0.05) is 13.1 Å². The number of hydrogen-bond acceptors (Lipinski definition) is 7. The summed E-state index contributed by atoms with van der Waals surface area (Å²) in [6.07, 6.45) is -2.38. The molecular formula is C9H17N3O3S. The van der Waals surface area contributed by atoms with Crippen molar-refractivity contribution in [3.63, 3.8) is 0 Å². The maximum Gasteiger partial charge on any atom is 0.159 e. The number of nitrogens with one attached hydrogen (secondary N) is 1. The number of aliphatic imine (C=N–C) groups is 1. The van der Waals surface area contributed by atoms with E-state index in [1.807, 2.05) is 6.92 Å². The molecular weight excluding hydrogens is 230 g/mol. The number of rotatable bonds is 2. The molecule has 2 aliphatic rings. The standard InChI is InChI=1S/C9H17N3O3S/c1-2-11-9-12-5-7(14)6(13)4(3-10)15-8(5)16-9/h4-8,13-14H,2-3,10H2,1H3,(H,11,12). The summed E-state index contributed by atoms with van der Waals surface area (Å²) in [6, 6.07) is -0.406. The number of amidine groups is 1. The van der Waals surface area contributed by atoms with Gasteiger partial charge in [-0.2, -0.15) is 0 Å². The van der Waals surface area contributed by atoms with Gasteiger partial charge >= 0.3 is 0 Å². The highest BCUT2D eigenvalue weighted by Gasteiger charge is 2.47. The van der Waals surface area contributed by atoms with Gasteiger partial charge in [0.1, 0.15) is 23.7 Å². The molecule has 0 amide bonds. The normalized spacial score (nSPS) is 42.8. The summed E-state index contributed by atoms with van der Waals surface area (Å²) >= 11 is 1.43. The molecule has 0 radical (unpaired) electrons. The molecule has 0 aromatic carbocycles. The summed E-state index contributed by atoms with van der Waals surface area (Å²) in [4.78, 5) is 4.29. The highest BCUT2D eigenvalue weighted by atomic mass is 32.2. The second kappa shape index (κ2) is 4.89. The van der Waals surface area contributed by atoms with Crippen LogP contribution in [0.5, 0.6) is 0 Å². The fraction of sp³-hybridized carbons (Fsp3) is 0.889. The zero-order valence-corrected chi connectivity index (χ0v) is 9.85. The van der Waals surface area contributed by atoms with Crippen LogP contribution in [0.2, 0.25) is 0 Å². The van der Waals surface area contributed by atoms with Crippen LogP contribution in [0.15, 0.2) is 4.99 Å². The molecule has 5 atom stereocenters. The van der Waals surface area contributed by atoms with Gasteiger partial charge in [0.25, 0.3) is 0 Å². The quantitative estimate of drug-likeness (QED) is 0.472. The summed E-state index contributed by atoms with van der Waals surface area (Å²) in [5.74, 6) is 0. The van der Waals surface area contributed by atoms with Crippen molar-refractivity contribution < 1.29 is 14.9 Å². The molecule has 2 aliphatic heterocycles. The summed E-state index contributed by atoms with van der Waals surface area (Å²) in [7, 11) is 0. The van der Waals surface area contributed by atoms with Crippen molar-refractivity contribution in [1.82, 2.24) is 5.32 Å². The van der Waals surface area contributed by atoms with E-state index in [1.54, 1.807) is 0 Å². The lowest BCUT2D eigenvalue weighted by Gasteiger charge is -2.37. The molecule has 1 fully saturated rings. The van der Waals surface area contributed by atoms with Gasteiger partial charge in [-0.3, -0.25) is 4.99 Å². The predicted molar refractivity (Wildman–Crippen MR) is 62.2 cm³/mol. The summed E-state index contributed by atoms with van der Waals surface area (Å²) < 4.78 is 5.59. The molecule has 2 heterocycles. The van der Waals surface area contributed by atoms with E-state index in [0.29, 0.717) is 0 Å². The Morgan fingerprint density at radius 1 is 1.50 bits per heavy atom. The lowest BCUT2D eigenvalue weighted by atomic mass is 9.98. The molecule has 5 N–H and O–H groups in total. The van der Waals surface area contributed by atoms with Crippen LogP contribution in [-0.4, -0.2) is 58.3 Å². The number of fused-ring (bicyclic) bond motifs is 1. The van der Waals surface area contributed by atoms with Gasteiger partial charge in [0.15, 0.2) is 5.17 Å². The Labute approximate surface area is 98.3 Å². The van der Waals surface area contributed by atoms with E-state index in [1.165, 1.54) is 11.8 Å². The van der Waals surface area contributed by atoms with Crippen LogP contribution in [0.3, 0.4) is 0 Å². The van der Waals surface area contributed by atoms with Gasteiger partial charge in [-0.25, -0.2) is 0 Å². The van der Waals surface area contributed by atoms with Crippen molar-refractivity contribution in [2.75, 3.05) is 13.1 Å². The minimum Gasteiger partial charge on any atom is -0.388 e. The first-order chi connectivity index (χ1) is 7.67. The van der Waals surface area contributed by atoms with Gasteiger partial charge in [-0.15, -0.1) is 0 Å². The van der Waals surface area contributed by atoms with Crippen molar-refractivity contribution in [3.05, 3.63) is 0 Å². The lowest BCUT2D eigenvalue weighted by Crippen LogP contribution is -2.56. The third-order valence-electron chi connectivity index (χ3n) is 2.72. The maximum atomic E-state index is 9.90. The molecule has 7 heteroatoms. The number of thioether (sulfide) groups is 1. The van der Waals surface area contributed by atoms with Crippen molar-refractivity contribution >= 4 is 16.9 Å². The highest BCUT2D eigenvalue weighted by Crippen LogP contribution is 2.35. The number of nitrogens with two attached hydrogens (primary N) is 1. The molecule has 0 aliphatic carbocycles. The predicted octanol–water partition coefficient (Wildman–Crippen LogP) is -1.53. The minimum absolute atomic E-state index is 0.193. The Hall–Kier alpha value is -0.340. The van der Waals surface area contributed by atoms with E-state index in [4.69, 9.17) is 10.5 Å². The molecule has 92 valence electrons. The Balaban J connectivity index is 2.08. The van der Waals surface area contributed by atoms with Crippen molar-refractivity contribution in [2.24, 2.45) is 10.7 Å². The Morgan fingerprint density at radius 3 is 2.88 bits per heavy atom. The third-order valence-corrected chi connectivity index (χ3v) is 3.82. The van der Waals surface area contributed by atoms with Crippen molar-refractivity contribution in [3.8, 4) is 0 Å². The van der Waals surface area contributed by atoms with Crippen LogP contribution in [0.1, 0.15) is 6.92 Å². The molecule has 1 saturated heterocycles. The van der Waals surface area contributed by atoms with Gasteiger partial charge in [0.05, 0.1) is 6.10 Å². The average Bonchev–Trinajstić information content (AvgIpc) is 2.67. The largest absolute Gasteiger partial charge is 0.388 e. The van der Waals surface area contributed by atoms with E-state index >= 15 is 0 Å². The first kappa shape index (κ1) is 12.1. The summed E-state index contributed by atoms with van der Waals surface area (Å²) in [6.45, 7) is 2.93. The second-order valence-electron chi connectivity index (χ2n) is 3.83. The average molecular weight is 247 g/mol. The Morgan fingerprint density at radius 2 is 2.25 bits per heavy atom. The van der Waals surface area contributed by atoms with Crippen LogP contribution >= 0.6 is 11.8 Å². The van der Waals surface area contributed by atoms with Crippen LogP contribution in [0, 0.1) is 0 Å². The first-order valence-corrected chi connectivity index (χ1v) is 6.25. The summed E-state index contributed by atoms with van der Waals surface area (Å²) in [5, 5.41) is 23.5. The number of nitrogens with zero attached hydrogens (tertiary/aromatic N) is 1. The van der Waals surface area contributed by atoms with Crippen LogP contribution in [-0.2, 0) is 4.74 Å². The number of aliphatic hydroxyl groups is 2. The molecule has 0 bridgehead atoms. The molecule has 0 saturated carbocycles.